The molecule has 0 aliphatic rings. The van der Waals surface area contributed by atoms with E-state index < -0.39 is 0 Å². The van der Waals surface area contributed by atoms with Gasteiger partial charge in [0.05, 0.1) is 17.9 Å². The number of anilines is 1. The van der Waals surface area contributed by atoms with E-state index in [2.05, 4.69) is 15.5 Å². The third-order valence-corrected chi connectivity index (χ3v) is 5.76. The molecule has 0 saturated carbocycles. The van der Waals surface area contributed by atoms with E-state index in [4.69, 9.17) is 0 Å². The number of nitrogens with zero attached hydrogens (tertiary/aromatic N) is 3. The Morgan fingerprint density at radius 1 is 0.968 bits per heavy atom. The first kappa shape index (κ1) is 20.7. The topological polar surface area (TPSA) is 80.0 Å². The second-order valence-electron chi connectivity index (χ2n) is 7.05. The highest BCUT2D eigenvalue weighted by Gasteiger charge is 2.18. The summed E-state index contributed by atoms with van der Waals surface area (Å²) in [5, 5.41) is 22.5. The molecule has 0 radical (unpaired) electrons. The number of amides is 1. The van der Waals surface area contributed by atoms with Crippen LogP contribution >= 0.6 is 11.8 Å². The molecular formula is C24H22N4O2S. The van der Waals surface area contributed by atoms with E-state index in [0.29, 0.717) is 23.1 Å². The van der Waals surface area contributed by atoms with Gasteiger partial charge in [-0.05, 0) is 36.2 Å². The lowest BCUT2D eigenvalue weighted by atomic mass is 10.1. The fourth-order valence-electron chi connectivity index (χ4n) is 3.20. The van der Waals surface area contributed by atoms with E-state index >= 15 is 0 Å². The Balaban J connectivity index is 1.57. The predicted molar refractivity (Wildman–Crippen MR) is 123 cm³/mol. The van der Waals surface area contributed by atoms with Gasteiger partial charge in [-0.3, -0.25) is 9.36 Å². The van der Waals surface area contributed by atoms with Crippen LogP contribution in [0.5, 0.6) is 5.75 Å². The summed E-state index contributed by atoms with van der Waals surface area (Å²) >= 11 is 1.32. The van der Waals surface area contributed by atoms with Crippen LogP contribution in [0, 0.1) is 6.92 Å². The van der Waals surface area contributed by atoms with Gasteiger partial charge in [0.25, 0.3) is 0 Å². The summed E-state index contributed by atoms with van der Waals surface area (Å²) in [6, 6.07) is 24.7. The van der Waals surface area contributed by atoms with E-state index in [1.165, 1.54) is 11.8 Å². The molecule has 4 aromatic rings. The van der Waals surface area contributed by atoms with Crippen molar-refractivity contribution in [3.8, 4) is 17.1 Å². The van der Waals surface area contributed by atoms with Gasteiger partial charge in [-0.1, -0.05) is 72.4 Å². The van der Waals surface area contributed by atoms with Crippen molar-refractivity contribution in [2.24, 2.45) is 0 Å². The molecule has 2 N–H and O–H groups in total. The molecule has 1 amide bonds. The van der Waals surface area contributed by atoms with Crippen LogP contribution in [0.4, 0.5) is 5.69 Å². The van der Waals surface area contributed by atoms with Crippen LogP contribution in [0.25, 0.3) is 11.4 Å². The molecule has 3 aromatic carbocycles. The zero-order chi connectivity index (χ0) is 21.6. The lowest BCUT2D eigenvalue weighted by molar-refractivity contribution is -0.113. The lowest BCUT2D eigenvalue weighted by Crippen LogP contribution is -2.15. The summed E-state index contributed by atoms with van der Waals surface area (Å²) in [6.07, 6.45) is 0. The van der Waals surface area contributed by atoms with Crippen LogP contribution < -0.4 is 5.32 Å². The van der Waals surface area contributed by atoms with Crippen LogP contribution in [0.15, 0.2) is 84.0 Å². The van der Waals surface area contributed by atoms with Gasteiger partial charge in [0.15, 0.2) is 11.0 Å². The average molecular weight is 431 g/mol. The largest absolute Gasteiger partial charge is 0.507 e. The summed E-state index contributed by atoms with van der Waals surface area (Å²) < 4.78 is 1.93. The highest BCUT2D eigenvalue weighted by atomic mass is 32.2. The molecular weight excluding hydrogens is 408 g/mol. The summed E-state index contributed by atoms with van der Waals surface area (Å²) in [7, 11) is 0. The van der Waals surface area contributed by atoms with Crippen molar-refractivity contribution in [2.45, 2.75) is 18.6 Å². The molecule has 0 saturated heterocycles. The first-order valence-electron chi connectivity index (χ1n) is 9.85. The number of rotatable bonds is 7. The van der Waals surface area contributed by atoms with Gasteiger partial charge in [-0.25, -0.2) is 0 Å². The SMILES string of the molecule is Cc1ccccc1NC(=O)CSc1nnc(-c2ccccc2O)n1Cc1ccccc1. The Morgan fingerprint density at radius 2 is 1.68 bits per heavy atom. The molecule has 156 valence electrons. The molecule has 0 bridgehead atoms. The number of phenolic OH excluding ortho intramolecular Hbond substituents is 1. The third kappa shape index (κ3) is 4.95. The number of carbonyl (C=O) groups is 1. The Hall–Kier alpha value is -3.58. The maximum Gasteiger partial charge on any atom is 0.234 e. The van der Waals surface area contributed by atoms with Crippen molar-refractivity contribution >= 4 is 23.4 Å². The van der Waals surface area contributed by atoms with Gasteiger partial charge in [0.2, 0.25) is 5.91 Å². The number of carbonyl (C=O) groups excluding carboxylic acids is 1. The van der Waals surface area contributed by atoms with Crippen LogP contribution in [-0.2, 0) is 11.3 Å². The first-order chi connectivity index (χ1) is 15.1. The summed E-state index contributed by atoms with van der Waals surface area (Å²) in [5.74, 6) is 0.779. The number of aryl methyl sites for hydroxylation is 1. The molecule has 0 spiro atoms. The highest BCUT2D eigenvalue weighted by Crippen LogP contribution is 2.30. The molecule has 7 heteroatoms. The van der Waals surface area contributed by atoms with Gasteiger partial charge >= 0.3 is 0 Å². The minimum Gasteiger partial charge on any atom is -0.507 e. The summed E-state index contributed by atoms with van der Waals surface area (Å²) in [4.78, 5) is 12.5. The number of para-hydroxylation sites is 2. The number of hydrogen-bond donors (Lipinski definition) is 2. The number of benzene rings is 3. The quantitative estimate of drug-likeness (QED) is 0.414. The van der Waals surface area contributed by atoms with Crippen LogP contribution in [0.1, 0.15) is 11.1 Å². The smallest absolute Gasteiger partial charge is 0.234 e. The Labute approximate surface area is 185 Å². The summed E-state index contributed by atoms with van der Waals surface area (Å²) in [6.45, 7) is 2.48. The number of aromatic hydroxyl groups is 1. The van der Waals surface area contributed by atoms with Crippen LogP contribution in [0.2, 0.25) is 0 Å². The molecule has 0 unspecified atom stereocenters. The maximum atomic E-state index is 12.5. The highest BCUT2D eigenvalue weighted by molar-refractivity contribution is 7.99. The number of nitrogens with one attached hydrogen (secondary N) is 1. The van der Waals surface area contributed by atoms with E-state index in [1.54, 1.807) is 18.2 Å². The first-order valence-corrected chi connectivity index (χ1v) is 10.8. The van der Waals surface area contributed by atoms with Crippen LogP contribution in [-0.4, -0.2) is 31.5 Å². The lowest BCUT2D eigenvalue weighted by Gasteiger charge is -2.12. The molecule has 4 rings (SSSR count). The summed E-state index contributed by atoms with van der Waals surface area (Å²) in [5.41, 5.74) is 3.48. The molecule has 0 aliphatic carbocycles. The molecule has 1 aromatic heterocycles. The van der Waals surface area contributed by atoms with Gasteiger partial charge < -0.3 is 10.4 Å². The molecule has 0 atom stereocenters. The van der Waals surface area contributed by atoms with Crippen molar-refractivity contribution in [2.75, 3.05) is 11.1 Å². The second kappa shape index (κ2) is 9.49. The van der Waals surface area contributed by atoms with E-state index in [0.717, 1.165) is 16.8 Å². The van der Waals surface area contributed by atoms with Crippen molar-refractivity contribution in [1.82, 2.24) is 14.8 Å². The van der Waals surface area contributed by atoms with Gasteiger partial charge in [0.1, 0.15) is 5.75 Å². The molecule has 31 heavy (non-hydrogen) atoms. The second-order valence-corrected chi connectivity index (χ2v) is 7.99. The molecule has 0 fully saturated rings. The average Bonchev–Trinajstić information content (AvgIpc) is 3.17. The Morgan fingerprint density at radius 3 is 2.45 bits per heavy atom. The third-order valence-electron chi connectivity index (χ3n) is 4.80. The van der Waals surface area contributed by atoms with E-state index in [1.807, 2.05) is 72.2 Å². The fourth-order valence-corrected chi connectivity index (χ4v) is 3.93. The van der Waals surface area contributed by atoms with Crippen molar-refractivity contribution in [1.29, 1.82) is 0 Å². The minimum atomic E-state index is -0.113. The Kier molecular flexibility index (Phi) is 6.33. The van der Waals surface area contributed by atoms with Gasteiger partial charge in [-0.15, -0.1) is 10.2 Å². The molecule has 6 nitrogen and oxygen atoms in total. The zero-order valence-electron chi connectivity index (χ0n) is 17.0. The molecule has 0 aliphatic heterocycles. The van der Waals surface area contributed by atoms with Crippen molar-refractivity contribution < 1.29 is 9.90 Å². The van der Waals surface area contributed by atoms with Crippen molar-refractivity contribution in [3.63, 3.8) is 0 Å². The van der Waals surface area contributed by atoms with E-state index in [9.17, 15) is 9.90 Å². The number of aromatic nitrogens is 3. The normalized spacial score (nSPS) is 10.7. The molecule has 1 heterocycles. The van der Waals surface area contributed by atoms with Gasteiger partial charge in [0, 0.05) is 5.69 Å². The fraction of sp³-hybridized carbons (Fsp3) is 0.125. The Bertz CT molecular complexity index is 1190. The monoisotopic (exact) mass is 430 g/mol. The van der Waals surface area contributed by atoms with E-state index in [-0.39, 0.29) is 17.4 Å². The number of thioether (sulfide) groups is 1. The zero-order valence-corrected chi connectivity index (χ0v) is 17.8. The van der Waals surface area contributed by atoms with Gasteiger partial charge in [-0.2, -0.15) is 0 Å². The number of phenols is 1. The minimum absolute atomic E-state index is 0.113. The standard InChI is InChI=1S/C24H22N4O2S/c1-17-9-5-7-13-20(17)25-22(30)16-31-24-27-26-23(19-12-6-8-14-21(19)29)28(24)15-18-10-3-2-4-11-18/h2-14,29H,15-16H2,1H3,(H,25,30). The van der Waals surface area contributed by atoms with Crippen LogP contribution in [0.3, 0.4) is 0 Å². The number of hydrogen-bond acceptors (Lipinski definition) is 5. The van der Waals surface area contributed by atoms with Crippen molar-refractivity contribution in [3.05, 3.63) is 90.0 Å². The maximum absolute atomic E-state index is 12.5. The predicted octanol–water partition coefficient (Wildman–Crippen LogP) is 4.74.